The van der Waals surface area contributed by atoms with Crippen LogP contribution in [0.1, 0.15) is 22.3 Å². The molecule has 0 saturated carbocycles. The standard InChI is InChI=1S/C20H23N3O2S/c1-16-11-17(2)13-18(12-16)15-22-7-9-23(10-8-22)26(24,25)20-6-4-3-5-19(20)14-21/h3-6,11-13H,7-10,15H2,1-2H3. The molecule has 0 bridgehead atoms. The van der Waals surface area contributed by atoms with Crippen LogP contribution in [0, 0.1) is 25.2 Å². The van der Waals surface area contributed by atoms with Crippen LogP contribution in [0.5, 0.6) is 0 Å². The maximum atomic E-state index is 12.9. The van der Waals surface area contributed by atoms with Gasteiger partial charge >= 0.3 is 0 Å². The molecule has 1 heterocycles. The second-order valence-corrected chi connectivity index (χ2v) is 8.69. The van der Waals surface area contributed by atoms with E-state index in [1.807, 2.05) is 6.07 Å². The van der Waals surface area contributed by atoms with Gasteiger partial charge in [0.1, 0.15) is 6.07 Å². The number of hydrogen-bond donors (Lipinski definition) is 0. The lowest BCUT2D eigenvalue weighted by Crippen LogP contribution is -2.48. The predicted octanol–water partition coefficient (Wildman–Crippen LogP) is 2.68. The van der Waals surface area contributed by atoms with E-state index in [4.69, 9.17) is 0 Å². The highest BCUT2D eigenvalue weighted by Crippen LogP contribution is 2.21. The number of benzene rings is 2. The van der Waals surface area contributed by atoms with Crippen molar-refractivity contribution >= 4 is 10.0 Å². The predicted molar refractivity (Wildman–Crippen MR) is 101 cm³/mol. The van der Waals surface area contributed by atoms with Crippen LogP contribution >= 0.6 is 0 Å². The third-order valence-corrected chi connectivity index (χ3v) is 6.60. The zero-order valence-corrected chi connectivity index (χ0v) is 16.0. The fourth-order valence-corrected chi connectivity index (χ4v) is 5.03. The maximum absolute atomic E-state index is 12.9. The van der Waals surface area contributed by atoms with Crippen molar-refractivity contribution in [3.8, 4) is 6.07 Å². The molecule has 1 fully saturated rings. The summed E-state index contributed by atoms with van der Waals surface area (Å²) in [6.45, 7) is 7.24. The normalized spacial score (nSPS) is 16.3. The molecule has 2 aromatic carbocycles. The second-order valence-electron chi connectivity index (χ2n) is 6.78. The van der Waals surface area contributed by atoms with Crippen LogP contribution in [-0.4, -0.2) is 43.8 Å². The summed E-state index contributed by atoms with van der Waals surface area (Å²) >= 11 is 0. The van der Waals surface area contributed by atoms with E-state index >= 15 is 0 Å². The Morgan fingerprint density at radius 1 is 1.00 bits per heavy atom. The molecule has 136 valence electrons. The lowest BCUT2D eigenvalue weighted by atomic mass is 10.1. The highest BCUT2D eigenvalue weighted by atomic mass is 32.2. The van der Waals surface area contributed by atoms with Gasteiger partial charge in [-0.1, -0.05) is 41.5 Å². The molecule has 3 rings (SSSR count). The van der Waals surface area contributed by atoms with Crippen LogP contribution in [0.2, 0.25) is 0 Å². The lowest BCUT2D eigenvalue weighted by Gasteiger charge is -2.34. The molecule has 0 radical (unpaired) electrons. The fourth-order valence-electron chi connectivity index (χ4n) is 3.47. The first-order valence-electron chi connectivity index (χ1n) is 8.69. The van der Waals surface area contributed by atoms with Gasteiger partial charge in [-0.2, -0.15) is 9.57 Å². The Kier molecular flexibility index (Phi) is 5.42. The van der Waals surface area contributed by atoms with Gasteiger partial charge in [0.25, 0.3) is 0 Å². The van der Waals surface area contributed by atoms with Crippen molar-refractivity contribution in [1.29, 1.82) is 5.26 Å². The lowest BCUT2D eigenvalue weighted by molar-refractivity contribution is 0.181. The molecule has 2 aromatic rings. The first-order valence-corrected chi connectivity index (χ1v) is 10.1. The Labute approximate surface area is 155 Å². The average Bonchev–Trinajstić information content (AvgIpc) is 2.61. The van der Waals surface area contributed by atoms with E-state index in [1.54, 1.807) is 18.2 Å². The first kappa shape index (κ1) is 18.6. The van der Waals surface area contributed by atoms with Crippen molar-refractivity contribution in [2.75, 3.05) is 26.2 Å². The molecule has 0 amide bonds. The molecule has 6 heteroatoms. The zero-order chi connectivity index (χ0) is 18.7. The monoisotopic (exact) mass is 369 g/mol. The third kappa shape index (κ3) is 3.96. The van der Waals surface area contributed by atoms with Crippen molar-refractivity contribution < 1.29 is 8.42 Å². The van der Waals surface area contributed by atoms with Gasteiger partial charge in [0.15, 0.2) is 0 Å². The topological polar surface area (TPSA) is 64.4 Å². The molecular weight excluding hydrogens is 346 g/mol. The van der Waals surface area contributed by atoms with Gasteiger partial charge in [-0.05, 0) is 31.5 Å². The van der Waals surface area contributed by atoms with Crippen molar-refractivity contribution in [3.05, 3.63) is 64.7 Å². The quantitative estimate of drug-likeness (QED) is 0.831. The second kappa shape index (κ2) is 7.58. The molecular formula is C20H23N3O2S. The molecule has 0 spiro atoms. The molecule has 0 aliphatic carbocycles. The van der Waals surface area contributed by atoms with Crippen molar-refractivity contribution in [2.24, 2.45) is 0 Å². The molecule has 26 heavy (non-hydrogen) atoms. The molecule has 5 nitrogen and oxygen atoms in total. The summed E-state index contributed by atoms with van der Waals surface area (Å²) in [6.07, 6.45) is 0. The molecule has 0 aromatic heterocycles. The smallest absolute Gasteiger partial charge is 0.244 e. The first-order chi connectivity index (χ1) is 12.4. The number of sulfonamides is 1. The summed E-state index contributed by atoms with van der Waals surface area (Å²) in [6, 6.07) is 14.9. The van der Waals surface area contributed by atoms with Crippen LogP contribution < -0.4 is 0 Å². The average molecular weight is 369 g/mol. The Morgan fingerprint density at radius 2 is 1.62 bits per heavy atom. The van der Waals surface area contributed by atoms with Gasteiger partial charge in [-0.3, -0.25) is 4.90 Å². The molecule has 1 aliphatic rings. The Bertz CT molecular complexity index is 920. The van der Waals surface area contributed by atoms with Crippen LogP contribution in [0.15, 0.2) is 47.4 Å². The number of nitriles is 1. The Hall–Kier alpha value is -2.20. The van der Waals surface area contributed by atoms with E-state index in [0.29, 0.717) is 26.2 Å². The van der Waals surface area contributed by atoms with Crippen molar-refractivity contribution in [1.82, 2.24) is 9.21 Å². The summed E-state index contributed by atoms with van der Waals surface area (Å²) < 4.78 is 27.2. The van der Waals surface area contributed by atoms with E-state index in [9.17, 15) is 13.7 Å². The summed E-state index contributed by atoms with van der Waals surface area (Å²) in [7, 11) is -3.63. The number of nitrogens with zero attached hydrogens (tertiary/aromatic N) is 3. The van der Waals surface area contributed by atoms with E-state index in [-0.39, 0.29) is 10.5 Å². The third-order valence-electron chi connectivity index (χ3n) is 4.64. The van der Waals surface area contributed by atoms with Crippen LogP contribution in [0.25, 0.3) is 0 Å². The zero-order valence-electron chi connectivity index (χ0n) is 15.1. The molecule has 0 N–H and O–H groups in total. The molecule has 1 saturated heterocycles. The summed E-state index contributed by atoms with van der Waals surface area (Å²) in [5.41, 5.74) is 3.95. The van der Waals surface area contributed by atoms with Crippen LogP contribution in [0.4, 0.5) is 0 Å². The molecule has 0 unspecified atom stereocenters. The maximum Gasteiger partial charge on any atom is 0.244 e. The van der Waals surface area contributed by atoms with E-state index in [0.717, 1.165) is 6.54 Å². The minimum absolute atomic E-state index is 0.102. The van der Waals surface area contributed by atoms with E-state index in [2.05, 4.69) is 36.9 Å². The highest BCUT2D eigenvalue weighted by molar-refractivity contribution is 7.89. The van der Waals surface area contributed by atoms with Crippen LogP contribution in [-0.2, 0) is 16.6 Å². The van der Waals surface area contributed by atoms with Crippen molar-refractivity contribution in [3.63, 3.8) is 0 Å². The number of hydrogen-bond acceptors (Lipinski definition) is 4. The fraction of sp³-hybridized carbons (Fsp3) is 0.350. The van der Waals surface area contributed by atoms with Crippen LogP contribution in [0.3, 0.4) is 0 Å². The van der Waals surface area contributed by atoms with Gasteiger partial charge in [0.2, 0.25) is 10.0 Å². The number of aryl methyl sites for hydroxylation is 2. The number of rotatable bonds is 4. The molecule has 1 aliphatic heterocycles. The van der Waals surface area contributed by atoms with Gasteiger partial charge < -0.3 is 0 Å². The van der Waals surface area contributed by atoms with Gasteiger partial charge in [0.05, 0.1) is 10.5 Å². The van der Waals surface area contributed by atoms with Crippen molar-refractivity contribution in [2.45, 2.75) is 25.3 Å². The minimum Gasteiger partial charge on any atom is -0.296 e. The van der Waals surface area contributed by atoms with E-state index in [1.165, 1.54) is 27.1 Å². The van der Waals surface area contributed by atoms with Gasteiger partial charge in [-0.15, -0.1) is 0 Å². The Balaban J connectivity index is 1.69. The summed E-state index contributed by atoms with van der Waals surface area (Å²) in [5.74, 6) is 0. The Morgan fingerprint density at radius 3 is 2.23 bits per heavy atom. The SMILES string of the molecule is Cc1cc(C)cc(CN2CCN(S(=O)(=O)c3ccccc3C#N)CC2)c1. The summed E-state index contributed by atoms with van der Waals surface area (Å²) in [5, 5.41) is 9.19. The largest absolute Gasteiger partial charge is 0.296 e. The van der Waals surface area contributed by atoms with Gasteiger partial charge in [-0.25, -0.2) is 8.42 Å². The minimum atomic E-state index is -3.63. The van der Waals surface area contributed by atoms with Gasteiger partial charge in [0, 0.05) is 32.7 Å². The molecule has 0 atom stereocenters. The summed E-state index contributed by atoms with van der Waals surface area (Å²) in [4.78, 5) is 2.38. The highest BCUT2D eigenvalue weighted by Gasteiger charge is 2.30. The van der Waals surface area contributed by atoms with E-state index < -0.39 is 10.0 Å². The number of piperazine rings is 1.